The highest BCUT2D eigenvalue weighted by atomic mass is 35.5. The highest BCUT2D eigenvalue weighted by molar-refractivity contribution is 7.99. The molecule has 0 saturated heterocycles. The highest BCUT2D eigenvalue weighted by Crippen LogP contribution is 2.36. The van der Waals surface area contributed by atoms with Gasteiger partial charge in [-0.1, -0.05) is 34.6 Å². The molecule has 5 nitrogen and oxygen atoms in total. The maximum absolute atomic E-state index is 5.95. The number of nitrogens with zero attached hydrogens (tertiary/aromatic N) is 3. The molecule has 1 unspecified atom stereocenters. The number of fused-ring (bicyclic) bond motifs is 1. The van der Waals surface area contributed by atoms with Gasteiger partial charge in [0.15, 0.2) is 5.58 Å². The average Bonchev–Trinajstić information content (AvgIpc) is 3.26. The first-order chi connectivity index (χ1) is 11.2. The Hall–Kier alpha value is -1.83. The van der Waals surface area contributed by atoms with Crippen molar-refractivity contribution in [2.24, 2.45) is 0 Å². The quantitative estimate of drug-likeness (QED) is 0.449. The summed E-state index contributed by atoms with van der Waals surface area (Å²) in [4.78, 5) is 9.84. The van der Waals surface area contributed by atoms with E-state index in [0.717, 1.165) is 10.4 Å². The first kappa shape index (κ1) is 14.7. The topological polar surface area (TPSA) is 65.0 Å². The van der Waals surface area contributed by atoms with E-state index < -0.39 is 0 Å². The molecule has 0 fully saturated rings. The van der Waals surface area contributed by atoms with Gasteiger partial charge in [-0.3, -0.25) is 0 Å². The van der Waals surface area contributed by atoms with E-state index >= 15 is 0 Å². The van der Waals surface area contributed by atoms with Crippen molar-refractivity contribution in [3.63, 3.8) is 0 Å². The molecule has 4 aromatic rings. The van der Waals surface area contributed by atoms with Crippen molar-refractivity contribution in [1.82, 2.24) is 15.1 Å². The van der Waals surface area contributed by atoms with E-state index in [0.29, 0.717) is 27.5 Å². The fraction of sp³-hybridized carbons (Fsp3) is 0.133. The van der Waals surface area contributed by atoms with E-state index in [2.05, 4.69) is 15.1 Å². The van der Waals surface area contributed by atoms with E-state index in [9.17, 15) is 0 Å². The van der Waals surface area contributed by atoms with Crippen LogP contribution in [0.25, 0.3) is 21.8 Å². The summed E-state index contributed by atoms with van der Waals surface area (Å²) in [6.07, 6.45) is 0. The lowest BCUT2D eigenvalue weighted by atomic mass is 10.3. The summed E-state index contributed by atoms with van der Waals surface area (Å²) in [6.45, 7) is 1.97. The molecule has 1 atom stereocenters. The van der Waals surface area contributed by atoms with Gasteiger partial charge in [-0.2, -0.15) is 4.98 Å². The van der Waals surface area contributed by atoms with Gasteiger partial charge < -0.3 is 8.94 Å². The molecule has 0 bridgehead atoms. The second-order valence-corrected chi connectivity index (χ2v) is 7.46. The van der Waals surface area contributed by atoms with Crippen LogP contribution in [0.2, 0.25) is 5.02 Å². The lowest BCUT2D eigenvalue weighted by Gasteiger charge is -2.00. The fourth-order valence-electron chi connectivity index (χ4n) is 2.04. The van der Waals surface area contributed by atoms with Gasteiger partial charge in [-0.25, -0.2) is 4.98 Å². The number of rotatable bonds is 4. The monoisotopic (exact) mass is 363 g/mol. The molecule has 3 heterocycles. The van der Waals surface area contributed by atoms with Crippen molar-refractivity contribution in [3.05, 3.63) is 46.6 Å². The number of oxazole rings is 1. The molecular weight excluding hydrogens is 354 g/mol. The van der Waals surface area contributed by atoms with Crippen molar-refractivity contribution >= 4 is 45.8 Å². The summed E-state index contributed by atoms with van der Waals surface area (Å²) in [7, 11) is 0. The Morgan fingerprint density at radius 3 is 3.00 bits per heavy atom. The van der Waals surface area contributed by atoms with Crippen LogP contribution in [-0.4, -0.2) is 15.1 Å². The first-order valence-electron chi connectivity index (χ1n) is 6.79. The van der Waals surface area contributed by atoms with E-state index in [4.69, 9.17) is 20.5 Å². The lowest BCUT2D eigenvalue weighted by Crippen LogP contribution is -1.88. The molecule has 4 rings (SSSR count). The first-order valence-corrected chi connectivity index (χ1v) is 8.93. The van der Waals surface area contributed by atoms with Gasteiger partial charge in [0.05, 0.1) is 10.1 Å². The third-order valence-corrected chi connectivity index (χ3v) is 5.17. The standard InChI is InChI=1S/C15H10ClN3O2S2/c1-8(14-18-13(19-21-14)12-3-2-6-22-12)23-15-17-10-5-4-9(16)7-11(10)20-15/h2-8H,1H3. The second-order valence-electron chi connectivity index (χ2n) is 4.79. The van der Waals surface area contributed by atoms with Gasteiger partial charge in [0, 0.05) is 11.1 Å². The van der Waals surface area contributed by atoms with Crippen LogP contribution in [0, 0.1) is 0 Å². The summed E-state index contributed by atoms with van der Waals surface area (Å²) in [6, 6.07) is 9.28. The Morgan fingerprint density at radius 1 is 1.26 bits per heavy atom. The van der Waals surface area contributed by atoms with Crippen molar-refractivity contribution in [2.45, 2.75) is 17.4 Å². The summed E-state index contributed by atoms with van der Waals surface area (Å²) >= 11 is 8.95. The largest absolute Gasteiger partial charge is 0.431 e. The molecule has 0 saturated carbocycles. The van der Waals surface area contributed by atoms with Crippen molar-refractivity contribution < 1.29 is 8.94 Å². The number of halogens is 1. The van der Waals surface area contributed by atoms with Crippen LogP contribution in [-0.2, 0) is 0 Å². The molecular formula is C15H10ClN3O2S2. The van der Waals surface area contributed by atoms with Crippen molar-refractivity contribution in [3.8, 4) is 10.7 Å². The highest BCUT2D eigenvalue weighted by Gasteiger charge is 2.19. The zero-order chi connectivity index (χ0) is 15.8. The third-order valence-electron chi connectivity index (χ3n) is 3.14. The van der Waals surface area contributed by atoms with Gasteiger partial charge in [0.1, 0.15) is 5.52 Å². The zero-order valence-electron chi connectivity index (χ0n) is 11.9. The predicted molar refractivity (Wildman–Crippen MR) is 90.9 cm³/mol. The molecule has 0 N–H and O–H groups in total. The van der Waals surface area contributed by atoms with Gasteiger partial charge in [0.2, 0.25) is 11.7 Å². The van der Waals surface area contributed by atoms with Gasteiger partial charge in [0.25, 0.3) is 5.22 Å². The van der Waals surface area contributed by atoms with Gasteiger partial charge >= 0.3 is 0 Å². The fourth-order valence-corrected chi connectivity index (χ4v) is 3.63. The lowest BCUT2D eigenvalue weighted by molar-refractivity contribution is 0.380. The molecule has 1 aromatic carbocycles. The number of benzene rings is 1. The van der Waals surface area contributed by atoms with E-state index in [1.807, 2.05) is 30.5 Å². The molecule has 8 heteroatoms. The molecule has 0 spiro atoms. The SMILES string of the molecule is CC(Sc1nc2ccc(Cl)cc2o1)c1nc(-c2cccs2)no1. The zero-order valence-corrected chi connectivity index (χ0v) is 14.3. The molecule has 116 valence electrons. The van der Waals surface area contributed by atoms with E-state index in [1.165, 1.54) is 11.8 Å². The summed E-state index contributed by atoms with van der Waals surface area (Å²) in [5, 5.41) is 7.10. The number of thiophene rings is 1. The number of thioether (sulfide) groups is 1. The smallest absolute Gasteiger partial charge is 0.257 e. The van der Waals surface area contributed by atoms with Crippen LogP contribution < -0.4 is 0 Å². The molecule has 23 heavy (non-hydrogen) atoms. The van der Waals surface area contributed by atoms with E-state index in [1.54, 1.807) is 23.5 Å². The van der Waals surface area contributed by atoms with Gasteiger partial charge in [-0.15, -0.1) is 11.3 Å². The molecule has 0 amide bonds. The Morgan fingerprint density at radius 2 is 2.17 bits per heavy atom. The Balaban J connectivity index is 1.55. The maximum Gasteiger partial charge on any atom is 0.257 e. The minimum atomic E-state index is -0.0697. The minimum absolute atomic E-state index is 0.0697. The Labute approximate surface area is 144 Å². The number of aromatic nitrogens is 3. The third kappa shape index (κ3) is 2.99. The summed E-state index contributed by atoms with van der Waals surface area (Å²) in [5.41, 5.74) is 1.44. The van der Waals surface area contributed by atoms with Crippen molar-refractivity contribution in [1.29, 1.82) is 0 Å². The molecule has 3 aromatic heterocycles. The normalized spacial score (nSPS) is 12.8. The Kier molecular flexibility index (Phi) is 3.84. The average molecular weight is 364 g/mol. The number of hydrogen-bond donors (Lipinski definition) is 0. The van der Waals surface area contributed by atoms with Crippen LogP contribution in [0.1, 0.15) is 18.1 Å². The van der Waals surface area contributed by atoms with Crippen LogP contribution >= 0.6 is 34.7 Å². The summed E-state index contributed by atoms with van der Waals surface area (Å²) in [5.74, 6) is 1.14. The molecule has 0 aliphatic carbocycles. The Bertz CT molecular complexity index is 949. The molecule has 0 aliphatic rings. The maximum atomic E-state index is 5.95. The van der Waals surface area contributed by atoms with Crippen LogP contribution in [0.5, 0.6) is 0 Å². The van der Waals surface area contributed by atoms with E-state index in [-0.39, 0.29) is 5.25 Å². The molecule has 0 aliphatic heterocycles. The predicted octanol–water partition coefficient (Wildman–Crippen LogP) is 5.45. The van der Waals surface area contributed by atoms with Gasteiger partial charge in [-0.05, 0) is 30.5 Å². The van der Waals surface area contributed by atoms with Crippen LogP contribution in [0.4, 0.5) is 0 Å². The molecule has 0 radical (unpaired) electrons. The van der Waals surface area contributed by atoms with Crippen molar-refractivity contribution in [2.75, 3.05) is 0 Å². The van der Waals surface area contributed by atoms with Crippen LogP contribution in [0.3, 0.4) is 0 Å². The minimum Gasteiger partial charge on any atom is -0.431 e. The summed E-state index contributed by atoms with van der Waals surface area (Å²) < 4.78 is 11.0. The van der Waals surface area contributed by atoms with Crippen LogP contribution in [0.15, 0.2) is 49.9 Å². The second kappa shape index (κ2) is 5.99. The number of hydrogen-bond acceptors (Lipinski definition) is 7.